The van der Waals surface area contributed by atoms with E-state index in [1.807, 2.05) is 0 Å². The molecule has 28 heavy (non-hydrogen) atoms. The summed E-state index contributed by atoms with van der Waals surface area (Å²) in [6.45, 7) is 3.85. The molecule has 140 valence electrons. The van der Waals surface area contributed by atoms with Crippen molar-refractivity contribution in [2.75, 3.05) is 11.9 Å². The zero-order valence-corrected chi connectivity index (χ0v) is 15.6. The van der Waals surface area contributed by atoms with E-state index >= 15 is 0 Å². The largest absolute Gasteiger partial charge is 0.462 e. The van der Waals surface area contributed by atoms with Crippen molar-refractivity contribution in [3.05, 3.63) is 77.1 Å². The Kier molecular flexibility index (Phi) is 5.56. The van der Waals surface area contributed by atoms with Crippen molar-refractivity contribution >= 4 is 17.6 Å². The molecule has 1 heterocycles. The van der Waals surface area contributed by atoms with E-state index in [4.69, 9.17) is 11.2 Å². The minimum Gasteiger partial charge on any atom is -0.462 e. The average Bonchev–Trinajstić information content (AvgIpc) is 3.10. The summed E-state index contributed by atoms with van der Waals surface area (Å²) in [7, 11) is 0. The first kappa shape index (κ1) is 18.9. The van der Waals surface area contributed by atoms with Crippen LogP contribution < -0.4 is 5.32 Å². The van der Waals surface area contributed by atoms with Crippen LogP contribution >= 0.6 is 0 Å². The standard InChI is InChI=1S/C22H19N3O3/c1-4-16-7-6-8-18(13-16)24-21(26)17-9-11-19(12-10-17)25-15(3)20(14-23-25)22(27)28-5-2/h1,6-14H,5H2,2-3H3,(H,24,26). The molecule has 2 aromatic carbocycles. The Bertz CT molecular complexity index is 1060. The number of carbonyl (C=O) groups is 2. The first-order valence-electron chi connectivity index (χ1n) is 8.73. The van der Waals surface area contributed by atoms with Crippen LogP contribution in [-0.2, 0) is 4.74 Å². The van der Waals surface area contributed by atoms with Crippen molar-refractivity contribution in [1.29, 1.82) is 0 Å². The van der Waals surface area contributed by atoms with Gasteiger partial charge in [0.25, 0.3) is 5.91 Å². The number of terminal acetylenes is 1. The van der Waals surface area contributed by atoms with Crippen LogP contribution in [0.25, 0.3) is 5.69 Å². The molecule has 3 rings (SSSR count). The van der Waals surface area contributed by atoms with Crippen LogP contribution in [0.5, 0.6) is 0 Å². The number of hydrogen-bond donors (Lipinski definition) is 1. The van der Waals surface area contributed by atoms with E-state index in [2.05, 4.69) is 16.3 Å². The van der Waals surface area contributed by atoms with Gasteiger partial charge in [-0.05, 0) is 56.3 Å². The molecule has 0 bridgehead atoms. The van der Waals surface area contributed by atoms with Gasteiger partial charge in [0.15, 0.2) is 0 Å². The summed E-state index contributed by atoms with van der Waals surface area (Å²) < 4.78 is 6.65. The molecule has 1 N–H and O–H groups in total. The second kappa shape index (κ2) is 8.23. The number of rotatable bonds is 5. The highest BCUT2D eigenvalue weighted by Crippen LogP contribution is 2.17. The van der Waals surface area contributed by atoms with Gasteiger partial charge in [-0.2, -0.15) is 5.10 Å². The lowest BCUT2D eigenvalue weighted by atomic mass is 10.1. The molecule has 0 radical (unpaired) electrons. The molecule has 1 amide bonds. The molecule has 6 heteroatoms. The van der Waals surface area contributed by atoms with Crippen LogP contribution in [0, 0.1) is 19.3 Å². The molecule has 0 saturated heterocycles. The van der Waals surface area contributed by atoms with Gasteiger partial charge >= 0.3 is 5.97 Å². The third-order valence-electron chi connectivity index (χ3n) is 4.17. The van der Waals surface area contributed by atoms with Gasteiger partial charge in [-0.3, -0.25) is 4.79 Å². The number of ether oxygens (including phenoxy) is 1. The van der Waals surface area contributed by atoms with Gasteiger partial charge in [0, 0.05) is 16.8 Å². The SMILES string of the molecule is C#Cc1cccc(NC(=O)c2ccc(-n3ncc(C(=O)OCC)c3C)cc2)c1. The van der Waals surface area contributed by atoms with Crippen LogP contribution in [0.4, 0.5) is 5.69 Å². The Morgan fingerprint density at radius 2 is 1.96 bits per heavy atom. The van der Waals surface area contributed by atoms with Gasteiger partial charge in [0.1, 0.15) is 5.56 Å². The predicted molar refractivity (Wildman–Crippen MR) is 107 cm³/mol. The molecule has 0 aliphatic heterocycles. The smallest absolute Gasteiger partial charge is 0.341 e. The summed E-state index contributed by atoms with van der Waals surface area (Å²) in [5, 5.41) is 7.07. The molecule has 0 aliphatic rings. The first-order valence-corrected chi connectivity index (χ1v) is 8.73. The van der Waals surface area contributed by atoms with Crippen molar-refractivity contribution < 1.29 is 14.3 Å². The lowest BCUT2D eigenvalue weighted by Gasteiger charge is -2.08. The Hall–Kier alpha value is -3.85. The maximum absolute atomic E-state index is 12.4. The molecule has 3 aromatic rings. The second-order valence-electron chi connectivity index (χ2n) is 6.00. The maximum atomic E-state index is 12.4. The van der Waals surface area contributed by atoms with Gasteiger partial charge in [0.2, 0.25) is 0 Å². The van der Waals surface area contributed by atoms with Crippen LogP contribution in [0.3, 0.4) is 0 Å². The third-order valence-corrected chi connectivity index (χ3v) is 4.17. The van der Waals surface area contributed by atoms with Crippen LogP contribution in [0.1, 0.15) is 38.9 Å². The summed E-state index contributed by atoms with van der Waals surface area (Å²) in [6, 6.07) is 14.0. The van der Waals surface area contributed by atoms with E-state index in [-0.39, 0.29) is 5.91 Å². The van der Waals surface area contributed by atoms with Gasteiger partial charge in [-0.25, -0.2) is 9.48 Å². The highest BCUT2D eigenvalue weighted by atomic mass is 16.5. The van der Waals surface area contributed by atoms with E-state index in [0.29, 0.717) is 34.7 Å². The minimum atomic E-state index is -0.406. The number of nitrogens with one attached hydrogen (secondary N) is 1. The summed E-state index contributed by atoms with van der Waals surface area (Å²) in [5.41, 5.74) is 3.63. The average molecular weight is 373 g/mol. The van der Waals surface area contributed by atoms with Crippen molar-refractivity contribution in [3.63, 3.8) is 0 Å². The molecule has 0 aliphatic carbocycles. The molecule has 0 atom stereocenters. The van der Waals surface area contributed by atoms with Crippen molar-refractivity contribution in [3.8, 4) is 18.0 Å². The lowest BCUT2D eigenvalue weighted by Crippen LogP contribution is -2.12. The molecule has 0 unspecified atom stereocenters. The number of hydrogen-bond acceptors (Lipinski definition) is 4. The highest BCUT2D eigenvalue weighted by Gasteiger charge is 2.16. The molecule has 0 fully saturated rings. The number of aromatic nitrogens is 2. The fourth-order valence-corrected chi connectivity index (χ4v) is 2.72. The molecule has 0 saturated carbocycles. The summed E-state index contributed by atoms with van der Waals surface area (Å²) in [6.07, 6.45) is 6.86. The highest BCUT2D eigenvalue weighted by molar-refractivity contribution is 6.04. The van der Waals surface area contributed by atoms with Crippen LogP contribution in [0.2, 0.25) is 0 Å². The number of anilines is 1. The van der Waals surface area contributed by atoms with Crippen molar-refractivity contribution in [2.24, 2.45) is 0 Å². The Morgan fingerprint density at radius 1 is 1.21 bits per heavy atom. The molecule has 1 aromatic heterocycles. The second-order valence-corrected chi connectivity index (χ2v) is 6.00. The van der Waals surface area contributed by atoms with E-state index < -0.39 is 5.97 Å². The number of esters is 1. The number of amides is 1. The molecular formula is C22H19N3O3. The van der Waals surface area contributed by atoms with Gasteiger partial charge in [0.05, 0.1) is 24.2 Å². The summed E-state index contributed by atoms with van der Waals surface area (Å²) >= 11 is 0. The van der Waals surface area contributed by atoms with Gasteiger partial charge < -0.3 is 10.1 Å². The quantitative estimate of drug-likeness (QED) is 0.548. The van der Waals surface area contributed by atoms with Gasteiger partial charge in [-0.15, -0.1) is 6.42 Å². The van der Waals surface area contributed by atoms with E-state index in [0.717, 1.165) is 5.69 Å². The van der Waals surface area contributed by atoms with Crippen LogP contribution in [-0.4, -0.2) is 28.3 Å². The normalized spacial score (nSPS) is 10.2. The van der Waals surface area contributed by atoms with E-state index in [9.17, 15) is 9.59 Å². The summed E-state index contributed by atoms with van der Waals surface area (Å²) in [5.74, 6) is 1.88. The summed E-state index contributed by atoms with van der Waals surface area (Å²) in [4.78, 5) is 24.4. The fourth-order valence-electron chi connectivity index (χ4n) is 2.72. The Labute approximate surface area is 163 Å². The number of nitrogens with zero attached hydrogens (tertiary/aromatic N) is 2. The Balaban J connectivity index is 1.77. The zero-order chi connectivity index (χ0) is 20.1. The minimum absolute atomic E-state index is 0.245. The predicted octanol–water partition coefficient (Wildman–Crippen LogP) is 3.59. The monoisotopic (exact) mass is 373 g/mol. The lowest BCUT2D eigenvalue weighted by molar-refractivity contribution is 0.0525. The maximum Gasteiger partial charge on any atom is 0.341 e. The number of benzene rings is 2. The van der Waals surface area contributed by atoms with Crippen LogP contribution in [0.15, 0.2) is 54.7 Å². The topological polar surface area (TPSA) is 73.2 Å². The molecule has 0 spiro atoms. The third kappa shape index (κ3) is 3.94. The Morgan fingerprint density at radius 3 is 2.64 bits per heavy atom. The molecule has 6 nitrogen and oxygen atoms in total. The molecular weight excluding hydrogens is 354 g/mol. The number of carbonyl (C=O) groups excluding carboxylic acids is 2. The van der Waals surface area contributed by atoms with Crippen molar-refractivity contribution in [1.82, 2.24) is 9.78 Å². The zero-order valence-electron chi connectivity index (χ0n) is 15.6. The van der Waals surface area contributed by atoms with E-state index in [1.165, 1.54) is 6.20 Å². The van der Waals surface area contributed by atoms with Gasteiger partial charge in [-0.1, -0.05) is 12.0 Å². The van der Waals surface area contributed by atoms with Crippen molar-refractivity contribution in [2.45, 2.75) is 13.8 Å². The first-order chi connectivity index (χ1) is 13.5. The fraction of sp³-hybridized carbons (Fsp3) is 0.136. The van der Waals surface area contributed by atoms with E-state index in [1.54, 1.807) is 67.1 Å².